The highest BCUT2D eigenvalue weighted by molar-refractivity contribution is 5.82. The molecule has 0 saturated carbocycles. The highest BCUT2D eigenvalue weighted by Gasteiger charge is 2.14. The molecule has 0 bridgehead atoms. The lowest BCUT2D eigenvalue weighted by atomic mass is 9.97. The van der Waals surface area contributed by atoms with Gasteiger partial charge < -0.3 is 14.9 Å². The molecule has 0 atom stereocenters. The molecule has 0 aliphatic heterocycles. The molecule has 3 heteroatoms. The van der Waals surface area contributed by atoms with Crippen LogP contribution in [0.5, 0.6) is 5.75 Å². The highest BCUT2D eigenvalue weighted by atomic mass is 16.5. The largest absolute Gasteiger partial charge is 0.487 e. The molecule has 3 nitrogen and oxygen atoms in total. The van der Waals surface area contributed by atoms with E-state index in [9.17, 15) is 0 Å². The zero-order valence-electron chi connectivity index (χ0n) is 20.2. The van der Waals surface area contributed by atoms with E-state index in [2.05, 4.69) is 61.5 Å². The zero-order valence-corrected chi connectivity index (χ0v) is 20.2. The van der Waals surface area contributed by atoms with Crippen LogP contribution in [0.2, 0.25) is 0 Å². The lowest BCUT2D eigenvalue weighted by Gasteiger charge is -2.12. The summed E-state index contributed by atoms with van der Waals surface area (Å²) >= 11 is 0. The van der Waals surface area contributed by atoms with Crippen LogP contribution in [0.3, 0.4) is 0 Å². The second kappa shape index (κ2) is 10.5. The Labute approximate surface area is 207 Å². The van der Waals surface area contributed by atoms with Gasteiger partial charge in [0.25, 0.3) is 0 Å². The SMILES string of the molecule is CCCCc1oc2ccccc2c1Cc1ccc(-c2ccc(N)c(OCc3ccccc3)c2)cc1. The molecule has 0 saturated heterocycles. The average Bonchev–Trinajstić information content (AvgIpc) is 3.25. The predicted octanol–water partition coefficient (Wildman–Crippen LogP) is 8.19. The number of aryl methyl sites for hydroxylation is 1. The van der Waals surface area contributed by atoms with Crippen LogP contribution in [0, 0.1) is 0 Å². The molecule has 0 fully saturated rings. The standard InChI is InChI=1S/C32H31NO2/c1-2-3-12-31-28(27-11-7-8-13-30(27)35-31)20-23-14-16-25(17-15-23)26-18-19-29(33)32(21-26)34-22-24-9-5-4-6-10-24/h4-11,13-19,21H,2-3,12,20,22,33H2,1H3. The van der Waals surface area contributed by atoms with Crippen LogP contribution in [0.4, 0.5) is 5.69 Å². The molecule has 5 rings (SSSR count). The molecule has 1 aromatic heterocycles. The maximum absolute atomic E-state index is 6.22. The van der Waals surface area contributed by atoms with Crippen LogP contribution in [0.15, 0.2) is 101 Å². The Morgan fingerprint density at radius 1 is 0.771 bits per heavy atom. The maximum atomic E-state index is 6.22. The van der Waals surface area contributed by atoms with Crippen LogP contribution in [-0.4, -0.2) is 0 Å². The fourth-order valence-electron chi connectivity index (χ4n) is 4.48. The number of anilines is 1. The fourth-order valence-corrected chi connectivity index (χ4v) is 4.48. The average molecular weight is 462 g/mol. The first-order chi connectivity index (χ1) is 17.2. The van der Waals surface area contributed by atoms with E-state index in [1.807, 2.05) is 42.5 Å². The number of rotatable bonds is 9. The van der Waals surface area contributed by atoms with E-state index in [-0.39, 0.29) is 0 Å². The smallest absolute Gasteiger partial charge is 0.143 e. The van der Waals surface area contributed by atoms with Crippen molar-refractivity contribution >= 4 is 16.7 Å². The van der Waals surface area contributed by atoms with Crippen LogP contribution < -0.4 is 10.5 Å². The molecular formula is C32H31NO2. The van der Waals surface area contributed by atoms with Gasteiger partial charge in [-0.25, -0.2) is 0 Å². The van der Waals surface area contributed by atoms with Gasteiger partial charge in [0.1, 0.15) is 23.7 Å². The predicted molar refractivity (Wildman–Crippen MR) is 145 cm³/mol. The van der Waals surface area contributed by atoms with E-state index in [0.717, 1.165) is 53.7 Å². The molecular weight excluding hydrogens is 430 g/mol. The van der Waals surface area contributed by atoms with E-state index in [1.54, 1.807) is 0 Å². The Morgan fingerprint density at radius 3 is 2.31 bits per heavy atom. The summed E-state index contributed by atoms with van der Waals surface area (Å²) in [5.41, 5.74) is 13.7. The van der Waals surface area contributed by atoms with E-state index in [0.29, 0.717) is 18.0 Å². The molecule has 2 N–H and O–H groups in total. The number of benzene rings is 4. The van der Waals surface area contributed by atoms with Gasteiger partial charge in [0.2, 0.25) is 0 Å². The number of nitrogen functional groups attached to an aromatic ring is 1. The molecule has 1 heterocycles. The van der Waals surface area contributed by atoms with Crippen molar-refractivity contribution in [2.45, 2.75) is 39.2 Å². The second-order valence-electron chi connectivity index (χ2n) is 9.00. The molecule has 5 aromatic rings. The van der Waals surface area contributed by atoms with Crippen molar-refractivity contribution in [1.29, 1.82) is 0 Å². The number of furan rings is 1. The summed E-state index contributed by atoms with van der Waals surface area (Å²) in [6, 6.07) is 33.3. The summed E-state index contributed by atoms with van der Waals surface area (Å²) in [5.74, 6) is 1.83. The number of hydrogen-bond donors (Lipinski definition) is 1. The summed E-state index contributed by atoms with van der Waals surface area (Å²) in [7, 11) is 0. The molecule has 0 aliphatic rings. The summed E-state index contributed by atoms with van der Waals surface area (Å²) < 4.78 is 12.2. The van der Waals surface area contributed by atoms with E-state index in [4.69, 9.17) is 14.9 Å². The Kier molecular flexibility index (Phi) is 6.85. The summed E-state index contributed by atoms with van der Waals surface area (Å²) in [6.07, 6.45) is 4.14. The number of unbranched alkanes of at least 4 members (excludes halogenated alkanes) is 1. The van der Waals surface area contributed by atoms with Crippen molar-refractivity contribution in [3.05, 3.63) is 120 Å². The molecule has 0 radical (unpaired) electrons. The van der Waals surface area contributed by atoms with Crippen molar-refractivity contribution in [3.8, 4) is 16.9 Å². The first-order valence-corrected chi connectivity index (χ1v) is 12.4. The van der Waals surface area contributed by atoms with Crippen LogP contribution in [0.25, 0.3) is 22.1 Å². The van der Waals surface area contributed by atoms with Gasteiger partial charge in [-0.3, -0.25) is 0 Å². The van der Waals surface area contributed by atoms with E-state index < -0.39 is 0 Å². The third kappa shape index (κ3) is 5.25. The van der Waals surface area contributed by atoms with Gasteiger partial charge in [0.15, 0.2) is 0 Å². The summed E-state index contributed by atoms with van der Waals surface area (Å²) in [6.45, 7) is 2.71. The molecule has 35 heavy (non-hydrogen) atoms. The second-order valence-corrected chi connectivity index (χ2v) is 9.00. The Balaban J connectivity index is 1.35. The van der Waals surface area contributed by atoms with Gasteiger partial charge in [-0.15, -0.1) is 0 Å². The molecule has 176 valence electrons. The van der Waals surface area contributed by atoms with Gasteiger partial charge >= 0.3 is 0 Å². The van der Waals surface area contributed by atoms with Crippen LogP contribution >= 0.6 is 0 Å². The van der Waals surface area contributed by atoms with E-state index >= 15 is 0 Å². The Bertz CT molecular complexity index is 1400. The van der Waals surface area contributed by atoms with Crippen molar-refractivity contribution < 1.29 is 9.15 Å². The van der Waals surface area contributed by atoms with Crippen molar-refractivity contribution in [1.82, 2.24) is 0 Å². The quantitative estimate of drug-likeness (QED) is 0.225. The Morgan fingerprint density at radius 2 is 1.51 bits per heavy atom. The summed E-state index contributed by atoms with van der Waals surface area (Å²) in [4.78, 5) is 0. The number of fused-ring (bicyclic) bond motifs is 1. The fraction of sp³-hybridized carbons (Fsp3) is 0.188. The minimum atomic E-state index is 0.493. The van der Waals surface area contributed by atoms with Crippen molar-refractivity contribution in [2.24, 2.45) is 0 Å². The monoisotopic (exact) mass is 461 g/mol. The van der Waals surface area contributed by atoms with Crippen LogP contribution in [-0.2, 0) is 19.4 Å². The lowest BCUT2D eigenvalue weighted by Crippen LogP contribution is -1.99. The van der Waals surface area contributed by atoms with Crippen LogP contribution in [0.1, 0.15) is 42.2 Å². The minimum absolute atomic E-state index is 0.493. The third-order valence-corrected chi connectivity index (χ3v) is 6.46. The number of ether oxygens (including phenoxy) is 1. The molecule has 0 aliphatic carbocycles. The topological polar surface area (TPSA) is 48.4 Å². The van der Waals surface area contributed by atoms with Gasteiger partial charge in [-0.1, -0.05) is 92.2 Å². The van der Waals surface area contributed by atoms with Crippen molar-refractivity contribution in [2.75, 3.05) is 5.73 Å². The zero-order chi connectivity index (χ0) is 24.0. The maximum Gasteiger partial charge on any atom is 0.143 e. The van der Waals surface area contributed by atoms with Crippen molar-refractivity contribution in [3.63, 3.8) is 0 Å². The number of para-hydroxylation sites is 1. The number of hydrogen-bond acceptors (Lipinski definition) is 3. The lowest BCUT2D eigenvalue weighted by molar-refractivity contribution is 0.308. The third-order valence-electron chi connectivity index (χ3n) is 6.46. The first-order valence-electron chi connectivity index (χ1n) is 12.4. The molecule has 0 amide bonds. The minimum Gasteiger partial charge on any atom is -0.487 e. The van der Waals surface area contributed by atoms with Gasteiger partial charge in [-0.05, 0) is 46.9 Å². The summed E-state index contributed by atoms with van der Waals surface area (Å²) in [5, 5.41) is 1.22. The molecule has 0 unspecified atom stereocenters. The first kappa shape index (κ1) is 22.8. The van der Waals surface area contributed by atoms with Gasteiger partial charge in [0, 0.05) is 23.8 Å². The van der Waals surface area contributed by atoms with Gasteiger partial charge in [-0.2, -0.15) is 0 Å². The highest BCUT2D eigenvalue weighted by Crippen LogP contribution is 2.32. The molecule has 0 spiro atoms. The normalized spacial score (nSPS) is 11.1. The molecule has 4 aromatic carbocycles. The van der Waals surface area contributed by atoms with E-state index in [1.165, 1.54) is 16.5 Å². The van der Waals surface area contributed by atoms with Gasteiger partial charge in [0.05, 0.1) is 5.69 Å². The number of nitrogens with two attached hydrogens (primary N) is 1. The Hall–Kier alpha value is -3.98.